The van der Waals surface area contributed by atoms with E-state index in [2.05, 4.69) is 59.4 Å². The van der Waals surface area contributed by atoms with Crippen LogP contribution in [0.1, 0.15) is 24.2 Å². The zero-order chi connectivity index (χ0) is 16.4. The van der Waals surface area contributed by atoms with Crippen LogP contribution in [0.3, 0.4) is 0 Å². The summed E-state index contributed by atoms with van der Waals surface area (Å²) in [6.07, 6.45) is 4.56. The molecule has 4 aromatic rings. The molecule has 4 heteroatoms. The zero-order valence-electron chi connectivity index (χ0n) is 13.9. The van der Waals surface area contributed by atoms with Crippen molar-refractivity contribution in [1.29, 1.82) is 0 Å². The Balaban J connectivity index is 0.00000182. The molecule has 0 radical (unpaired) electrons. The van der Waals surface area contributed by atoms with Crippen LogP contribution in [0.25, 0.3) is 22.2 Å². The van der Waals surface area contributed by atoms with E-state index < -0.39 is 0 Å². The van der Waals surface area contributed by atoms with Gasteiger partial charge >= 0.3 is 17.1 Å². The van der Waals surface area contributed by atoms with Crippen LogP contribution < -0.4 is 4.98 Å². The van der Waals surface area contributed by atoms with Gasteiger partial charge in [-0.05, 0) is 41.6 Å². The summed E-state index contributed by atoms with van der Waals surface area (Å²) in [5.41, 5.74) is 5.26. The molecule has 0 spiro atoms. The molecule has 3 aromatic heterocycles. The Morgan fingerprint density at radius 2 is 1.84 bits per heavy atom. The molecule has 0 amide bonds. The molecule has 0 aliphatic heterocycles. The normalized spacial score (nSPS) is 11.9. The van der Waals surface area contributed by atoms with Gasteiger partial charge in [0.2, 0.25) is 0 Å². The summed E-state index contributed by atoms with van der Waals surface area (Å²) < 4.78 is 0. The second-order valence-electron chi connectivity index (χ2n) is 6.06. The van der Waals surface area contributed by atoms with E-state index in [1.807, 2.05) is 30.6 Å². The van der Waals surface area contributed by atoms with Crippen LogP contribution in [-0.4, -0.2) is 9.97 Å². The van der Waals surface area contributed by atoms with Crippen molar-refractivity contribution in [3.8, 4) is 11.3 Å². The van der Waals surface area contributed by atoms with Crippen LogP contribution in [0.15, 0.2) is 73.1 Å². The molecule has 128 valence electrons. The Kier molecular flexibility index (Phi) is 5.32. The maximum absolute atomic E-state index is 4.87. The number of benzene rings is 1. The molecule has 4 rings (SSSR count). The minimum atomic E-state index is 0. The summed E-state index contributed by atoms with van der Waals surface area (Å²) >= 11 is 0. The second kappa shape index (κ2) is 7.64. The Labute approximate surface area is 158 Å². The first-order valence-electron chi connectivity index (χ1n) is 8.19. The van der Waals surface area contributed by atoms with Crippen molar-refractivity contribution < 1.29 is 17.1 Å². The van der Waals surface area contributed by atoms with E-state index in [1.165, 1.54) is 0 Å². The summed E-state index contributed by atoms with van der Waals surface area (Å²) in [7, 11) is 0. The average Bonchev–Trinajstić information content (AvgIpc) is 3.11. The number of hydrogen-bond acceptors (Lipinski definition) is 2. The van der Waals surface area contributed by atoms with E-state index in [-0.39, 0.29) is 17.1 Å². The molecular weight excluding hydrogens is 358 g/mol. The van der Waals surface area contributed by atoms with Crippen molar-refractivity contribution in [2.24, 2.45) is 0 Å². The molecule has 0 fully saturated rings. The number of pyridine rings is 2. The van der Waals surface area contributed by atoms with E-state index >= 15 is 0 Å². The molecule has 25 heavy (non-hydrogen) atoms. The number of fused-ring (bicyclic) bond motifs is 1. The molecule has 1 atom stereocenters. The van der Waals surface area contributed by atoms with Crippen molar-refractivity contribution >= 4 is 10.9 Å². The Hall–Kier alpha value is -2.42. The molecule has 3 nitrogen and oxygen atoms in total. The first kappa shape index (κ1) is 17.4. The number of hydrogen-bond donors (Lipinski definition) is 0. The van der Waals surface area contributed by atoms with E-state index in [9.17, 15) is 0 Å². The fourth-order valence-corrected chi connectivity index (χ4v) is 3.07. The van der Waals surface area contributed by atoms with Gasteiger partial charge in [0.1, 0.15) is 0 Å². The fraction of sp³-hybridized carbons (Fsp3) is 0.143. The third kappa shape index (κ3) is 3.65. The molecule has 3 heterocycles. The van der Waals surface area contributed by atoms with Gasteiger partial charge in [0.15, 0.2) is 0 Å². The summed E-state index contributed by atoms with van der Waals surface area (Å²) in [4.78, 5) is 13.8. The largest absolute Gasteiger partial charge is 1.00 e. The predicted molar refractivity (Wildman–Crippen MR) is 96.9 cm³/mol. The Morgan fingerprint density at radius 1 is 0.960 bits per heavy atom. The monoisotopic (exact) mass is 375 g/mol. The summed E-state index contributed by atoms with van der Waals surface area (Å²) in [5, 5.41) is 1.15. The average molecular weight is 376 g/mol. The maximum Gasteiger partial charge on any atom is 1.00 e. The van der Waals surface area contributed by atoms with Gasteiger partial charge < -0.3 is 4.98 Å². The first-order valence-corrected chi connectivity index (χ1v) is 8.19. The van der Waals surface area contributed by atoms with E-state index in [4.69, 9.17) is 4.98 Å². The van der Waals surface area contributed by atoms with Gasteiger partial charge in [0.25, 0.3) is 0 Å². The van der Waals surface area contributed by atoms with Gasteiger partial charge in [0.05, 0.1) is 5.69 Å². The second-order valence-corrected chi connectivity index (χ2v) is 6.06. The smallest absolute Gasteiger partial charge is 0.663 e. The van der Waals surface area contributed by atoms with Gasteiger partial charge in [-0.25, -0.2) is 0 Å². The Morgan fingerprint density at radius 3 is 2.68 bits per heavy atom. The van der Waals surface area contributed by atoms with Crippen LogP contribution in [0.5, 0.6) is 0 Å². The molecule has 0 bridgehead atoms. The van der Waals surface area contributed by atoms with Gasteiger partial charge in [-0.15, -0.1) is 5.52 Å². The molecule has 0 saturated heterocycles. The third-order valence-electron chi connectivity index (χ3n) is 4.32. The van der Waals surface area contributed by atoms with Crippen LogP contribution in [0, 0.1) is 0 Å². The summed E-state index contributed by atoms with van der Waals surface area (Å²) in [5.74, 6) is 0.335. The molecule has 0 N–H and O–H groups in total. The third-order valence-corrected chi connectivity index (χ3v) is 4.32. The molecule has 1 aromatic carbocycles. The van der Waals surface area contributed by atoms with Crippen LogP contribution in [-0.2, 0) is 23.5 Å². The van der Waals surface area contributed by atoms with Crippen LogP contribution in [0.4, 0.5) is 0 Å². The van der Waals surface area contributed by atoms with Gasteiger partial charge in [0, 0.05) is 23.5 Å². The number of para-hydroxylation sites is 1. The number of rotatable bonds is 4. The van der Waals surface area contributed by atoms with Crippen molar-refractivity contribution in [3.05, 3.63) is 84.4 Å². The topological polar surface area (TPSA) is 39.9 Å². The molecule has 0 aliphatic carbocycles. The summed E-state index contributed by atoms with van der Waals surface area (Å²) in [6, 6.07) is 20.5. The first-order chi connectivity index (χ1) is 11.8. The number of aromatic nitrogens is 3. The molecule has 1 unspecified atom stereocenters. The van der Waals surface area contributed by atoms with Gasteiger partial charge in [-0.2, -0.15) is 6.20 Å². The van der Waals surface area contributed by atoms with E-state index in [0.717, 1.165) is 40.0 Å². The van der Waals surface area contributed by atoms with E-state index in [0.29, 0.717) is 5.92 Å². The van der Waals surface area contributed by atoms with Crippen molar-refractivity contribution in [2.45, 2.75) is 19.3 Å². The minimum Gasteiger partial charge on any atom is -0.663 e. The van der Waals surface area contributed by atoms with Crippen molar-refractivity contribution in [2.75, 3.05) is 0 Å². The standard InChI is InChI=1S/C21H18N3.Cu/c1-15(19-9-2-3-12-22-19)14-17-7-5-10-20(24-17)18-8-4-6-16-11-13-23-21(16)18;/h2-13,15H,14H2,1H3;/q-1;+1. The Bertz CT molecular complexity index is 963. The van der Waals surface area contributed by atoms with Crippen LogP contribution in [0.2, 0.25) is 0 Å². The zero-order valence-corrected chi connectivity index (χ0v) is 14.8. The molecule has 0 aliphatic rings. The SMILES string of the molecule is CC(Cc1cccc(-c2cccc3cc[n-]c23)n1)c1ccccn1.[Cu+]. The number of nitrogens with zero attached hydrogens (tertiary/aromatic N) is 3. The molecule has 0 saturated carbocycles. The van der Waals surface area contributed by atoms with Gasteiger partial charge in [-0.3, -0.25) is 9.97 Å². The minimum absolute atomic E-state index is 0. The summed E-state index contributed by atoms with van der Waals surface area (Å²) in [6.45, 7) is 2.19. The van der Waals surface area contributed by atoms with E-state index in [1.54, 1.807) is 0 Å². The van der Waals surface area contributed by atoms with Gasteiger partial charge in [-0.1, -0.05) is 43.3 Å². The fourth-order valence-electron chi connectivity index (χ4n) is 3.07. The van der Waals surface area contributed by atoms with Crippen molar-refractivity contribution in [1.82, 2.24) is 15.0 Å². The predicted octanol–water partition coefficient (Wildman–Crippen LogP) is 4.60. The van der Waals surface area contributed by atoms with Crippen molar-refractivity contribution in [3.63, 3.8) is 0 Å². The molecular formula is C21H18CuN3. The van der Waals surface area contributed by atoms with Crippen LogP contribution >= 0.6 is 0 Å². The maximum atomic E-state index is 4.87. The quantitative estimate of drug-likeness (QED) is 0.489.